The summed E-state index contributed by atoms with van der Waals surface area (Å²) in [6.07, 6.45) is 0. The molecule has 0 atom stereocenters. The van der Waals surface area contributed by atoms with Crippen LogP contribution in [-0.4, -0.2) is 12.2 Å². The second-order valence-electron chi connectivity index (χ2n) is 4.46. The van der Waals surface area contributed by atoms with E-state index >= 15 is 0 Å². The van der Waals surface area contributed by atoms with Crippen LogP contribution in [0.15, 0.2) is 42.5 Å². The highest BCUT2D eigenvalue weighted by molar-refractivity contribution is 6.30. The van der Waals surface area contributed by atoms with Crippen LogP contribution < -0.4 is 4.90 Å². The minimum absolute atomic E-state index is 0.171. The first-order valence-electron chi connectivity index (χ1n) is 5.94. The Morgan fingerprint density at radius 1 is 1.16 bits per heavy atom. The number of rotatable bonds is 4. The number of anilines is 1. The highest BCUT2D eigenvalue weighted by Crippen LogP contribution is 2.20. The maximum atomic E-state index is 13.4. The SMILES string of the molecule is CN(Cc1cccc(Cl)c1)c1cc(F)cc(CO)c1. The summed E-state index contributed by atoms with van der Waals surface area (Å²) in [4.78, 5) is 1.91. The molecule has 19 heavy (non-hydrogen) atoms. The van der Waals surface area contributed by atoms with Crippen LogP contribution in [0.4, 0.5) is 10.1 Å². The Morgan fingerprint density at radius 2 is 1.95 bits per heavy atom. The first-order chi connectivity index (χ1) is 9.08. The van der Waals surface area contributed by atoms with E-state index in [9.17, 15) is 4.39 Å². The summed E-state index contributed by atoms with van der Waals surface area (Å²) in [7, 11) is 1.87. The molecule has 0 bridgehead atoms. The van der Waals surface area contributed by atoms with Crippen molar-refractivity contribution < 1.29 is 9.50 Å². The van der Waals surface area contributed by atoms with Crippen molar-refractivity contribution in [3.8, 4) is 0 Å². The monoisotopic (exact) mass is 279 g/mol. The van der Waals surface area contributed by atoms with Crippen molar-refractivity contribution in [3.05, 3.63) is 64.4 Å². The van der Waals surface area contributed by atoms with E-state index in [4.69, 9.17) is 16.7 Å². The van der Waals surface area contributed by atoms with E-state index in [0.29, 0.717) is 17.1 Å². The van der Waals surface area contributed by atoms with E-state index in [0.717, 1.165) is 11.3 Å². The van der Waals surface area contributed by atoms with Crippen LogP contribution >= 0.6 is 11.6 Å². The van der Waals surface area contributed by atoms with Crippen LogP contribution in [0.25, 0.3) is 0 Å². The zero-order chi connectivity index (χ0) is 13.8. The maximum absolute atomic E-state index is 13.4. The normalized spacial score (nSPS) is 10.5. The number of benzene rings is 2. The number of halogens is 2. The molecule has 0 unspecified atom stereocenters. The fraction of sp³-hybridized carbons (Fsp3) is 0.200. The molecule has 0 heterocycles. The van der Waals surface area contributed by atoms with Crippen LogP contribution in [0, 0.1) is 5.82 Å². The van der Waals surface area contributed by atoms with Gasteiger partial charge in [-0.1, -0.05) is 23.7 Å². The molecule has 1 N–H and O–H groups in total. The van der Waals surface area contributed by atoms with Crippen LogP contribution in [0.3, 0.4) is 0 Å². The van der Waals surface area contributed by atoms with E-state index in [-0.39, 0.29) is 12.4 Å². The smallest absolute Gasteiger partial charge is 0.125 e. The Labute approximate surface area is 117 Å². The standard InChI is InChI=1S/C15H15ClFNO/c1-18(9-11-3-2-4-13(16)5-11)15-7-12(10-19)6-14(17)8-15/h2-8,19H,9-10H2,1H3. The first-order valence-corrected chi connectivity index (χ1v) is 6.32. The quantitative estimate of drug-likeness (QED) is 0.924. The van der Waals surface area contributed by atoms with Crippen molar-refractivity contribution in [1.82, 2.24) is 0 Å². The summed E-state index contributed by atoms with van der Waals surface area (Å²) in [6.45, 7) is 0.449. The fourth-order valence-corrected chi connectivity index (χ4v) is 2.16. The van der Waals surface area contributed by atoms with E-state index in [2.05, 4.69) is 0 Å². The number of nitrogens with zero attached hydrogens (tertiary/aromatic N) is 1. The third-order valence-electron chi connectivity index (χ3n) is 2.87. The van der Waals surface area contributed by atoms with Gasteiger partial charge in [-0.15, -0.1) is 0 Å². The van der Waals surface area contributed by atoms with Gasteiger partial charge in [0.05, 0.1) is 6.61 Å². The predicted octanol–water partition coefficient (Wildman–Crippen LogP) is 3.61. The van der Waals surface area contributed by atoms with Crippen LogP contribution in [0.1, 0.15) is 11.1 Å². The van der Waals surface area contributed by atoms with Gasteiger partial charge in [-0.05, 0) is 41.5 Å². The summed E-state index contributed by atoms with van der Waals surface area (Å²) < 4.78 is 13.4. The molecule has 0 aliphatic rings. The number of hydrogen-bond acceptors (Lipinski definition) is 2. The molecule has 0 aliphatic heterocycles. The molecule has 100 valence electrons. The van der Waals surface area contributed by atoms with Gasteiger partial charge in [-0.25, -0.2) is 4.39 Å². The van der Waals surface area contributed by atoms with Gasteiger partial charge in [0.15, 0.2) is 0 Å². The van der Waals surface area contributed by atoms with Crippen molar-refractivity contribution in [1.29, 1.82) is 0 Å². The van der Waals surface area contributed by atoms with E-state index < -0.39 is 0 Å². The van der Waals surface area contributed by atoms with Gasteiger partial charge in [-0.3, -0.25) is 0 Å². The summed E-state index contributed by atoms with van der Waals surface area (Å²) in [5.41, 5.74) is 2.33. The van der Waals surface area contributed by atoms with Crippen LogP contribution in [-0.2, 0) is 13.2 Å². The molecule has 0 aromatic heterocycles. The molecule has 0 saturated carbocycles. The van der Waals surface area contributed by atoms with Gasteiger partial charge in [0.1, 0.15) is 5.82 Å². The molecule has 0 amide bonds. The minimum Gasteiger partial charge on any atom is -0.392 e. The highest BCUT2D eigenvalue weighted by Gasteiger charge is 2.06. The second-order valence-corrected chi connectivity index (χ2v) is 4.90. The molecule has 2 aromatic carbocycles. The van der Waals surface area contributed by atoms with E-state index in [1.165, 1.54) is 12.1 Å². The van der Waals surface area contributed by atoms with Crippen molar-refractivity contribution in [2.75, 3.05) is 11.9 Å². The number of aliphatic hydroxyl groups excluding tert-OH is 1. The first kappa shape index (κ1) is 13.8. The van der Waals surface area contributed by atoms with Crippen molar-refractivity contribution in [3.63, 3.8) is 0 Å². The summed E-state index contributed by atoms with van der Waals surface area (Å²) in [6, 6.07) is 12.1. The fourth-order valence-electron chi connectivity index (χ4n) is 1.95. The van der Waals surface area contributed by atoms with E-state index in [1.54, 1.807) is 6.07 Å². The Bertz CT molecular complexity index is 574. The van der Waals surface area contributed by atoms with Gasteiger partial charge in [0, 0.05) is 24.3 Å². The average molecular weight is 280 g/mol. The Hall–Kier alpha value is -1.58. The number of hydrogen-bond donors (Lipinski definition) is 1. The van der Waals surface area contributed by atoms with Crippen molar-refractivity contribution in [2.24, 2.45) is 0 Å². The number of aliphatic hydroxyl groups is 1. The molecule has 0 saturated heterocycles. The molecule has 2 nitrogen and oxygen atoms in total. The zero-order valence-electron chi connectivity index (χ0n) is 10.6. The molecule has 4 heteroatoms. The second kappa shape index (κ2) is 6.04. The largest absolute Gasteiger partial charge is 0.392 e. The van der Waals surface area contributed by atoms with Crippen molar-refractivity contribution in [2.45, 2.75) is 13.2 Å². The summed E-state index contributed by atoms with van der Waals surface area (Å²) >= 11 is 5.94. The van der Waals surface area contributed by atoms with Crippen LogP contribution in [0.2, 0.25) is 5.02 Å². The summed E-state index contributed by atoms with van der Waals surface area (Å²) in [5, 5.41) is 9.77. The van der Waals surface area contributed by atoms with Gasteiger partial charge in [0.25, 0.3) is 0 Å². The van der Waals surface area contributed by atoms with Gasteiger partial charge in [-0.2, -0.15) is 0 Å². The third kappa shape index (κ3) is 3.69. The molecule has 0 spiro atoms. The minimum atomic E-state index is -0.348. The molecular weight excluding hydrogens is 265 g/mol. The molecule has 2 rings (SSSR count). The molecular formula is C15H15ClFNO. The lowest BCUT2D eigenvalue weighted by Crippen LogP contribution is -2.16. The zero-order valence-corrected chi connectivity index (χ0v) is 11.4. The van der Waals surface area contributed by atoms with Crippen molar-refractivity contribution >= 4 is 17.3 Å². The topological polar surface area (TPSA) is 23.5 Å². The van der Waals surface area contributed by atoms with Gasteiger partial charge in [0.2, 0.25) is 0 Å². The molecule has 0 fully saturated rings. The Kier molecular flexibility index (Phi) is 4.40. The van der Waals surface area contributed by atoms with Gasteiger partial charge >= 0.3 is 0 Å². The maximum Gasteiger partial charge on any atom is 0.125 e. The average Bonchev–Trinajstić information content (AvgIpc) is 2.38. The summed E-state index contributed by atoms with van der Waals surface area (Å²) in [5.74, 6) is -0.348. The van der Waals surface area contributed by atoms with Gasteiger partial charge < -0.3 is 10.0 Å². The third-order valence-corrected chi connectivity index (χ3v) is 3.11. The predicted molar refractivity (Wildman–Crippen MR) is 75.9 cm³/mol. The lowest BCUT2D eigenvalue weighted by atomic mass is 10.1. The highest BCUT2D eigenvalue weighted by atomic mass is 35.5. The van der Waals surface area contributed by atoms with Crippen LogP contribution in [0.5, 0.6) is 0 Å². The molecule has 0 radical (unpaired) electrons. The van der Waals surface area contributed by atoms with E-state index in [1.807, 2.05) is 36.2 Å². The lowest BCUT2D eigenvalue weighted by Gasteiger charge is -2.20. The lowest BCUT2D eigenvalue weighted by molar-refractivity contribution is 0.281. The Morgan fingerprint density at radius 3 is 2.63 bits per heavy atom. The Balaban J connectivity index is 2.20. The molecule has 2 aromatic rings. The molecule has 0 aliphatic carbocycles.